The monoisotopic (exact) mass is 244 g/mol. The molecule has 1 aromatic carbocycles. The molecule has 0 atom stereocenters. The van der Waals surface area contributed by atoms with Crippen molar-refractivity contribution in [3.05, 3.63) is 35.4 Å². The zero-order chi connectivity index (χ0) is 13.1. The molecule has 0 N–H and O–H groups in total. The first-order valence-electron chi connectivity index (χ1n) is 7.22. The van der Waals surface area contributed by atoms with Crippen LogP contribution in [-0.2, 0) is 0 Å². The predicted octanol–water partition coefficient (Wildman–Crippen LogP) is 4.82. The van der Waals surface area contributed by atoms with E-state index in [1.165, 1.54) is 18.4 Å². The van der Waals surface area contributed by atoms with Gasteiger partial charge in [-0.1, -0.05) is 57.9 Å². The Kier molecular flexibility index (Phi) is 4.21. The minimum absolute atomic E-state index is 0.270. The molecule has 0 saturated heterocycles. The normalized spacial score (nSPS) is 24.2. The Morgan fingerprint density at radius 3 is 2.11 bits per heavy atom. The van der Waals surface area contributed by atoms with Gasteiger partial charge in [-0.2, -0.15) is 0 Å². The Hall–Kier alpha value is -1.11. The molecule has 0 unspecified atom stereocenters. The first kappa shape index (κ1) is 13.3. The first-order chi connectivity index (χ1) is 8.58. The van der Waals surface area contributed by atoms with Crippen LogP contribution in [0.15, 0.2) is 24.3 Å². The Balaban J connectivity index is 2.04. The molecule has 0 radical (unpaired) electrons. The number of rotatable bonds is 3. The second-order valence-corrected chi connectivity index (χ2v) is 6.10. The maximum absolute atomic E-state index is 12.4. The van der Waals surface area contributed by atoms with Gasteiger partial charge in [0.25, 0.3) is 0 Å². The molecule has 18 heavy (non-hydrogen) atoms. The van der Waals surface area contributed by atoms with Crippen LogP contribution in [0.1, 0.15) is 68.3 Å². The van der Waals surface area contributed by atoms with E-state index >= 15 is 0 Å². The summed E-state index contributed by atoms with van der Waals surface area (Å²) in [6.07, 6.45) is 4.57. The van der Waals surface area contributed by atoms with Gasteiger partial charge >= 0.3 is 0 Å². The van der Waals surface area contributed by atoms with E-state index in [0.717, 1.165) is 24.3 Å². The van der Waals surface area contributed by atoms with E-state index < -0.39 is 0 Å². The largest absolute Gasteiger partial charge is 0.294 e. The van der Waals surface area contributed by atoms with Gasteiger partial charge < -0.3 is 0 Å². The van der Waals surface area contributed by atoms with Gasteiger partial charge in [0.05, 0.1) is 0 Å². The van der Waals surface area contributed by atoms with E-state index in [0.29, 0.717) is 11.7 Å². The minimum atomic E-state index is 0.270. The number of Topliss-reactive ketones (excluding diaryl/α,β-unsaturated/α-hetero) is 1. The van der Waals surface area contributed by atoms with E-state index in [2.05, 4.69) is 32.9 Å². The number of carbonyl (C=O) groups is 1. The molecule has 2 rings (SSSR count). The van der Waals surface area contributed by atoms with Gasteiger partial charge in [0.15, 0.2) is 5.78 Å². The molecule has 0 spiro atoms. The molecule has 1 fully saturated rings. The summed E-state index contributed by atoms with van der Waals surface area (Å²) in [5.41, 5.74) is 2.21. The molecule has 0 bridgehead atoms. The second-order valence-electron chi connectivity index (χ2n) is 6.10. The Labute approximate surface area is 111 Å². The van der Waals surface area contributed by atoms with Crippen molar-refractivity contribution in [2.75, 3.05) is 0 Å². The number of benzene rings is 1. The Bertz CT molecular complexity index is 394. The lowest BCUT2D eigenvalue weighted by Gasteiger charge is -2.25. The van der Waals surface area contributed by atoms with Crippen molar-refractivity contribution < 1.29 is 4.79 Å². The first-order valence-corrected chi connectivity index (χ1v) is 7.22. The van der Waals surface area contributed by atoms with Crippen molar-refractivity contribution in [1.82, 2.24) is 0 Å². The van der Waals surface area contributed by atoms with Crippen molar-refractivity contribution in [3.8, 4) is 0 Å². The van der Waals surface area contributed by atoms with E-state index in [9.17, 15) is 4.79 Å². The smallest absolute Gasteiger partial charge is 0.165 e. The SMILES string of the molecule is CC1CCC(C(=O)c2ccc(C(C)C)cc2)CC1. The fourth-order valence-corrected chi connectivity index (χ4v) is 2.79. The summed E-state index contributed by atoms with van der Waals surface area (Å²) in [7, 11) is 0. The minimum Gasteiger partial charge on any atom is -0.294 e. The molecule has 1 aliphatic rings. The standard InChI is InChI=1S/C17H24O/c1-12(2)14-8-10-16(11-9-14)17(18)15-6-4-13(3)5-7-15/h8-13,15H,4-7H2,1-3H3. The van der Waals surface area contributed by atoms with Crippen LogP contribution < -0.4 is 0 Å². The molecule has 0 aliphatic heterocycles. The fourth-order valence-electron chi connectivity index (χ4n) is 2.79. The highest BCUT2D eigenvalue weighted by atomic mass is 16.1. The maximum Gasteiger partial charge on any atom is 0.165 e. The molecule has 1 saturated carbocycles. The summed E-state index contributed by atoms with van der Waals surface area (Å²) in [5, 5.41) is 0. The lowest BCUT2D eigenvalue weighted by Crippen LogP contribution is -2.20. The highest BCUT2D eigenvalue weighted by molar-refractivity contribution is 5.97. The van der Waals surface area contributed by atoms with Gasteiger partial charge in [-0.15, -0.1) is 0 Å². The summed E-state index contributed by atoms with van der Waals surface area (Å²) in [6, 6.07) is 8.22. The maximum atomic E-state index is 12.4. The topological polar surface area (TPSA) is 17.1 Å². The third-order valence-corrected chi connectivity index (χ3v) is 4.25. The molecule has 1 heteroatoms. The molecule has 1 aliphatic carbocycles. The van der Waals surface area contributed by atoms with Crippen LogP contribution in [0.4, 0.5) is 0 Å². The Morgan fingerprint density at radius 1 is 1.06 bits per heavy atom. The van der Waals surface area contributed by atoms with Gasteiger partial charge in [-0.25, -0.2) is 0 Å². The number of hydrogen-bond acceptors (Lipinski definition) is 1. The summed E-state index contributed by atoms with van der Waals surface area (Å²) in [6.45, 7) is 6.65. The van der Waals surface area contributed by atoms with Crippen LogP contribution in [0.3, 0.4) is 0 Å². The highest BCUT2D eigenvalue weighted by Crippen LogP contribution is 2.30. The number of hydrogen-bond donors (Lipinski definition) is 0. The molecule has 98 valence electrons. The van der Waals surface area contributed by atoms with Crippen molar-refractivity contribution in [1.29, 1.82) is 0 Å². The van der Waals surface area contributed by atoms with Crippen LogP contribution >= 0.6 is 0 Å². The molecule has 0 heterocycles. The zero-order valence-corrected chi connectivity index (χ0v) is 11.8. The van der Waals surface area contributed by atoms with Crippen molar-refractivity contribution in [3.63, 3.8) is 0 Å². The van der Waals surface area contributed by atoms with E-state index in [1.54, 1.807) is 0 Å². The second kappa shape index (κ2) is 5.69. The van der Waals surface area contributed by atoms with E-state index in [-0.39, 0.29) is 5.92 Å². The van der Waals surface area contributed by atoms with Gasteiger partial charge in [-0.3, -0.25) is 4.79 Å². The number of carbonyl (C=O) groups excluding carboxylic acids is 1. The zero-order valence-electron chi connectivity index (χ0n) is 11.8. The third-order valence-electron chi connectivity index (χ3n) is 4.25. The van der Waals surface area contributed by atoms with E-state index in [1.807, 2.05) is 12.1 Å². The molecule has 0 amide bonds. The summed E-state index contributed by atoms with van der Waals surface area (Å²) >= 11 is 0. The summed E-state index contributed by atoms with van der Waals surface area (Å²) in [4.78, 5) is 12.4. The van der Waals surface area contributed by atoms with Crippen LogP contribution in [0, 0.1) is 11.8 Å². The quantitative estimate of drug-likeness (QED) is 0.697. The van der Waals surface area contributed by atoms with E-state index in [4.69, 9.17) is 0 Å². The predicted molar refractivity (Wildman–Crippen MR) is 76.0 cm³/mol. The highest BCUT2D eigenvalue weighted by Gasteiger charge is 2.25. The van der Waals surface area contributed by atoms with Crippen molar-refractivity contribution in [2.24, 2.45) is 11.8 Å². The molecular weight excluding hydrogens is 220 g/mol. The van der Waals surface area contributed by atoms with Gasteiger partial charge in [0.1, 0.15) is 0 Å². The van der Waals surface area contributed by atoms with Crippen LogP contribution in [0.25, 0.3) is 0 Å². The van der Waals surface area contributed by atoms with Crippen molar-refractivity contribution in [2.45, 2.75) is 52.4 Å². The average Bonchev–Trinajstić information content (AvgIpc) is 2.39. The number of ketones is 1. The third kappa shape index (κ3) is 3.01. The van der Waals surface area contributed by atoms with Crippen LogP contribution in [0.2, 0.25) is 0 Å². The molecule has 1 aromatic rings. The summed E-state index contributed by atoms with van der Waals surface area (Å²) in [5.74, 6) is 1.96. The Morgan fingerprint density at radius 2 is 1.61 bits per heavy atom. The lowest BCUT2D eigenvalue weighted by atomic mass is 9.79. The van der Waals surface area contributed by atoms with Gasteiger partial charge in [0, 0.05) is 11.5 Å². The van der Waals surface area contributed by atoms with Crippen LogP contribution in [0.5, 0.6) is 0 Å². The average molecular weight is 244 g/mol. The molecule has 0 aromatic heterocycles. The summed E-state index contributed by atoms with van der Waals surface area (Å²) < 4.78 is 0. The molecule has 1 nitrogen and oxygen atoms in total. The fraction of sp³-hybridized carbons (Fsp3) is 0.588. The van der Waals surface area contributed by atoms with Gasteiger partial charge in [0.2, 0.25) is 0 Å². The van der Waals surface area contributed by atoms with Crippen LogP contribution in [-0.4, -0.2) is 5.78 Å². The molecular formula is C17H24O. The lowest BCUT2D eigenvalue weighted by molar-refractivity contribution is 0.0875. The van der Waals surface area contributed by atoms with Crippen molar-refractivity contribution >= 4 is 5.78 Å². The van der Waals surface area contributed by atoms with Gasteiger partial charge in [-0.05, 0) is 30.2 Å².